The van der Waals surface area contributed by atoms with Gasteiger partial charge in [-0.05, 0) is 11.5 Å². The van der Waals surface area contributed by atoms with Crippen LogP contribution in [0, 0.1) is 5.92 Å². The summed E-state index contributed by atoms with van der Waals surface area (Å²) in [5, 5.41) is 8.75. The van der Waals surface area contributed by atoms with Gasteiger partial charge in [0.15, 0.2) is 6.04 Å². The molecule has 0 saturated heterocycles. The zero-order chi connectivity index (χ0) is 15.1. The first kappa shape index (κ1) is 15.8. The zero-order valence-electron chi connectivity index (χ0n) is 12.5. The molecule has 1 aromatic heterocycles. The first-order valence-electron chi connectivity index (χ1n) is 7.16. The maximum absolute atomic E-state index is 5.64. The molecular weight excluding hydrogens is 282 g/mol. The largest absolute Gasteiger partial charge is 0.410 e. The van der Waals surface area contributed by atoms with Crippen molar-refractivity contribution >= 4 is 17.8 Å². The molecule has 0 aliphatic rings. The van der Waals surface area contributed by atoms with Crippen molar-refractivity contribution in [3.8, 4) is 0 Å². The average Bonchev–Trinajstić information content (AvgIpc) is 2.93. The van der Waals surface area contributed by atoms with Crippen LogP contribution in [-0.2, 0) is 0 Å². The second kappa shape index (κ2) is 8.00. The fourth-order valence-electron chi connectivity index (χ4n) is 1.98. The molecule has 112 valence electrons. The molecule has 0 unspecified atom stereocenters. The molecule has 0 fully saturated rings. The van der Waals surface area contributed by atoms with Gasteiger partial charge in [0.1, 0.15) is 0 Å². The second-order valence-electron chi connectivity index (χ2n) is 5.36. The van der Waals surface area contributed by atoms with E-state index in [1.54, 1.807) is 11.8 Å². The summed E-state index contributed by atoms with van der Waals surface area (Å²) < 4.78 is 5.64. The molecule has 0 radical (unpaired) electrons. The Kier molecular flexibility index (Phi) is 6.02. The van der Waals surface area contributed by atoms with Gasteiger partial charge in [-0.2, -0.15) is 0 Å². The molecule has 3 N–H and O–H groups in total. The predicted octanol–water partition coefficient (Wildman–Crippen LogP) is 3.20. The fraction of sp³-hybridized carbons (Fsp3) is 0.375. The van der Waals surface area contributed by atoms with E-state index < -0.39 is 0 Å². The average molecular weight is 304 g/mol. The Morgan fingerprint density at radius 2 is 2.00 bits per heavy atom. The minimum atomic E-state index is 0.0757. The predicted molar refractivity (Wildman–Crippen MR) is 85.6 cm³/mol. The van der Waals surface area contributed by atoms with Crippen molar-refractivity contribution in [1.82, 2.24) is 10.2 Å². The molecule has 0 saturated carbocycles. The van der Waals surface area contributed by atoms with Crippen LogP contribution in [0.3, 0.4) is 0 Å². The third kappa shape index (κ3) is 5.36. The molecule has 1 atom stereocenters. The van der Waals surface area contributed by atoms with E-state index in [-0.39, 0.29) is 6.04 Å². The lowest BCUT2D eigenvalue weighted by Crippen LogP contribution is -2.54. The third-order valence-electron chi connectivity index (χ3n) is 2.94. The van der Waals surface area contributed by atoms with Crippen LogP contribution in [0.15, 0.2) is 46.0 Å². The Bertz CT molecular complexity index is 566. The summed E-state index contributed by atoms with van der Waals surface area (Å²) >= 11 is 1.54. The van der Waals surface area contributed by atoms with Crippen molar-refractivity contribution in [2.24, 2.45) is 5.92 Å². The molecule has 0 aliphatic carbocycles. The highest BCUT2D eigenvalue weighted by atomic mass is 32.2. The fourth-order valence-corrected chi connectivity index (χ4v) is 2.56. The lowest BCUT2D eigenvalue weighted by molar-refractivity contribution is -0.435. The van der Waals surface area contributed by atoms with Gasteiger partial charge in [0, 0.05) is 12.2 Å². The summed E-state index contributed by atoms with van der Waals surface area (Å²) in [6, 6.07) is 10.3. The molecule has 2 aromatic rings. The Hall–Kier alpha value is -1.59. The van der Waals surface area contributed by atoms with Crippen LogP contribution < -0.4 is 5.73 Å². The Morgan fingerprint density at radius 1 is 1.24 bits per heavy atom. The van der Waals surface area contributed by atoms with Gasteiger partial charge in [0.25, 0.3) is 11.1 Å². The molecule has 1 heterocycles. The minimum absolute atomic E-state index is 0.0757. The highest BCUT2D eigenvalue weighted by Crippen LogP contribution is 2.21. The molecule has 2 rings (SSSR count). The lowest BCUT2D eigenvalue weighted by atomic mass is 10.1. The summed E-state index contributed by atoms with van der Waals surface area (Å²) in [5.41, 5.74) is 5.27. The van der Waals surface area contributed by atoms with E-state index in [9.17, 15) is 0 Å². The third-order valence-corrected chi connectivity index (χ3v) is 3.71. The SMILES string of the molecule is CC(C)C[C@H]([NH3+])c1nnc(SC/C=C/c2ccccc2)o1. The van der Waals surface area contributed by atoms with Crippen LogP contribution in [0.5, 0.6) is 0 Å². The second-order valence-corrected chi connectivity index (χ2v) is 6.33. The van der Waals surface area contributed by atoms with Gasteiger partial charge in [0.05, 0.1) is 0 Å². The van der Waals surface area contributed by atoms with Gasteiger partial charge < -0.3 is 10.2 Å². The van der Waals surface area contributed by atoms with Crippen LogP contribution in [0.25, 0.3) is 6.08 Å². The van der Waals surface area contributed by atoms with E-state index >= 15 is 0 Å². The highest BCUT2D eigenvalue weighted by Gasteiger charge is 2.18. The van der Waals surface area contributed by atoms with E-state index in [0.29, 0.717) is 17.0 Å². The zero-order valence-corrected chi connectivity index (χ0v) is 13.3. The molecule has 4 nitrogen and oxygen atoms in total. The molecule has 1 aromatic carbocycles. The first-order valence-corrected chi connectivity index (χ1v) is 8.14. The molecule has 0 bridgehead atoms. The van der Waals surface area contributed by atoms with Gasteiger partial charge in [-0.15, -0.1) is 10.2 Å². The van der Waals surface area contributed by atoms with Crippen LogP contribution in [0.2, 0.25) is 0 Å². The van der Waals surface area contributed by atoms with Crippen molar-refractivity contribution in [2.45, 2.75) is 31.5 Å². The Balaban J connectivity index is 1.82. The van der Waals surface area contributed by atoms with Crippen molar-refractivity contribution in [1.29, 1.82) is 0 Å². The summed E-state index contributed by atoms with van der Waals surface area (Å²) in [6.45, 7) is 4.33. The number of nitrogens with zero attached hydrogens (tertiary/aromatic N) is 2. The Morgan fingerprint density at radius 3 is 2.71 bits per heavy atom. The number of quaternary nitrogens is 1. The van der Waals surface area contributed by atoms with E-state index in [1.165, 1.54) is 5.56 Å². The number of hydrogen-bond donors (Lipinski definition) is 1. The van der Waals surface area contributed by atoms with E-state index in [2.05, 4.69) is 54.1 Å². The van der Waals surface area contributed by atoms with E-state index in [0.717, 1.165) is 12.2 Å². The number of rotatable bonds is 7. The van der Waals surface area contributed by atoms with Crippen molar-refractivity contribution in [2.75, 3.05) is 5.75 Å². The first-order chi connectivity index (χ1) is 10.1. The maximum atomic E-state index is 5.64. The van der Waals surface area contributed by atoms with Crippen LogP contribution in [0.1, 0.15) is 37.8 Å². The standard InChI is InChI=1S/C16H21N3OS/c1-12(2)11-14(17)15-18-19-16(20-15)21-10-6-9-13-7-4-3-5-8-13/h3-9,12,14H,10-11,17H2,1-2H3/p+1/b9-6+/t14-/m0/s1. The quantitative estimate of drug-likeness (QED) is 0.798. The van der Waals surface area contributed by atoms with Gasteiger partial charge in [-0.3, -0.25) is 0 Å². The van der Waals surface area contributed by atoms with Gasteiger partial charge >= 0.3 is 0 Å². The van der Waals surface area contributed by atoms with Crippen molar-refractivity contribution < 1.29 is 10.2 Å². The van der Waals surface area contributed by atoms with E-state index in [4.69, 9.17) is 4.42 Å². The molecule has 0 amide bonds. The Labute approximate surface area is 129 Å². The molecule has 0 spiro atoms. The smallest absolute Gasteiger partial charge is 0.277 e. The van der Waals surface area contributed by atoms with Gasteiger partial charge in [0.2, 0.25) is 0 Å². The summed E-state index contributed by atoms with van der Waals surface area (Å²) in [5.74, 6) is 2.02. The van der Waals surface area contributed by atoms with Crippen molar-refractivity contribution in [3.63, 3.8) is 0 Å². The van der Waals surface area contributed by atoms with E-state index in [1.807, 2.05) is 18.2 Å². The van der Waals surface area contributed by atoms with Crippen LogP contribution in [-0.4, -0.2) is 16.0 Å². The summed E-state index contributed by atoms with van der Waals surface area (Å²) in [7, 11) is 0. The summed E-state index contributed by atoms with van der Waals surface area (Å²) in [4.78, 5) is 0. The summed E-state index contributed by atoms with van der Waals surface area (Å²) in [6.07, 6.45) is 5.15. The monoisotopic (exact) mass is 304 g/mol. The van der Waals surface area contributed by atoms with Crippen molar-refractivity contribution in [3.05, 3.63) is 47.9 Å². The number of hydrogen-bond acceptors (Lipinski definition) is 4. The molecule has 0 aliphatic heterocycles. The van der Waals surface area contributed by atoms with Crippen LogP contribution in [0.4, 0.5) is 0 Å². The maximum Gasteiger partial charge on any atom is 0.277 e. The normalized spacial score (nSPS) is 13.1. The molecule has 21 heavy (non-hydrogen) atoms. The van der Waals surface area contributed by atoms with Crippen LogP contribution >= 0.6 is 11.8 Å². The molecular formula is C16H22N3OS+. The van der Waals surface area contributed by atoms with Gasteiger partial charge in [-0.25, -0.2) is 0 Å². The van der Waals surface area contributed by atoms with Gasteiger partial charge in [-0.1, -0.05) is 68.1 Å². The topological polar surface area (TPSA) is 66.6 Å². The number of benzene rings is 1. The minimum Gasteiger partial charge on any atom is -0.410 e. The molecule has 5 heteroatoms. The number of thioether (sulfide) groups is 1. The number of aromatic nitrogens is 2. The highest BCUT2D eigenvalue weighted by molar-refractivity contribution is 7.99. The lowest BCUT2D eigenvalue weighted by Gasteiger charge is -2.05.